The fourth-order valence-electron chi connectivity index (χ4n) is 0.802. The van der Waals surface area contributed by atoms with Crippen LogP contribution >= 0.6 is 0 Å². The Morgan fingerprint density at radius 3 is 2.40 bits per heavy atom. The van der Waals surface area contributed by atoms with E-state index in [1.165, 1.54) is 13.8 Å². The van der Waals surface area contributed by atoms with E-state index in [0.29, 0.717) is 0 Å². The number of hydrogen-bond acceptors (Lipinski definition) is 4. The Labute approximate surface area is 87.8 Å². The molecular formula is C9H15NO5. The molecular weight excluding hydrogens is 202 g/mol. The number of rotatable bonds is 5. The minimum absolute atomic E-state index is 0.0774. The van der Waals surface area contributed by atoms with E-state index in [2.05, 4.69) is 11.3 Å². The van der Waals surface area contributed by atoms with E-state index in [0.717, 1.165) is 4.90 Å². The molecule has 1 unspecified atom stereocenters. The van der Waals surface area contributed by atoms with Gasteiger partial charge in [0.25, 0.3) is 0 Å². The van der Waals surface area contributed by atoms with Crippen molar-refractivity contribution in [2.45, 2.75) is 20.1 Å². The SMILES string of the molecule is C=C(C)C(=O)OCCN(C(=O)O)C(C)O. The topological polar surface area (TPSA) is 87.1 Å². The van der Waals surface area contributed by atoms with Crippen LogP contribution in [0.5, 0.6) is 0 Å². The summed E-state index contributed by atoms with van der Waals surface area (Å²) in [5, 5.41) is 17.7. The van der Waals surface area contributed by atoms with E-state index < -0.39 is 18.3 Å². The van der Waals surface area contributed by atoms with Gasteiger partial charge in [-0.05, 0) is 13.8 Å². The third-order valence-electron chi connectivity index (χ3n) is 1.61. The van der Waals surface area contributed by atoms with Crippen molar-refractivity contribution in [1.29, 1.82) is 0 Å². The summed E-state index contributed by atoms with van der Waals surface area (Å²) < 4.78 is 4.68. The standard InChI is InChI=1S/C9H15NO5/c1-6(2)8(12)15-5-4-10(7(3)11)9(13)14/h7,11H,1,4-5H2,2-3H3,(H,13,14). The molecule has 15 heavy (non-hydrogen) atoms. The first-order chi connectivity index (χ1) is 6.86. The quantitative estimate of drug-likeness (QED) is 0.396. The van der Waals surface area contributed by atoms with E-state index in [1.807, 2.05) is 0 Å². The summed E-state index contributed by atoms with van der Waals surface area (Å²) in [6, 6.07) is 0. The average Bonchev–Trinajstić information content (AvgIpc) is 2.10. The van der Waals surface area contributed by atoms with E-state index in [4.69, 9.17) is 10.2 Å². The van der Waals surface area contributed by atoms with Gasteiger partial charge in [0, 0.05) is 5.57 Å². The van der Waals surface area contributed by atoms with Crippen LogP contribution in [0.4, 0.5) is 4.79 Å². The Kier molecular flexibility index (Phi) is 5.40. The molecule has 0 radical (unpaired) electrons. The first kappa shape index (κ1) is 13.4. The minimum Gasteiger partial charge on any atom is -0.465 e. The molecule has 0 bridgehead atoms. The van der Waals surface area contributed by atoms with Crippen LogP contribution in [0.1, 0.15) is 13.8 Å². The lowest BCUT2D eigenvalue weighted by atomic mass is 10.4. The normalized spacial score (nSPS) is 11.7. The zero-order chi connectivity index (χ0) is 12.0. The molecule has 86 valence electrons. The summed E-state index contributed by atoms with van der Waals surface area (Å²) in [5.41, 5.74) is 0.244. The molecule has 0 aromatic heterocycles. The van der Waals surface area contributed by atoms with E-state index in [1.54, 1.807) is 0 Å². The Balaban J connectivity index is 3.97. The van der Waals surface area contributed by atoms with Gasteiger partial charge in [0.2, 0.25) is 0 Å². The van der Waals surface area contributed by atoms with E-state index in [9.17, 15) is 9.59 Å². The number of hydrogen-bond donors (Lipinski definition) is 2. The molecule has 6 nitrogen and oxygen atoms in total. The first-order valence-electron chi connectivity index (χ1n) is 4.36. The Hall–Kier alpha value is -1.56. The Morgan fingerprint density at radius 2 is 2.07 bits per heavy atom. The maximum atomic E-state index is 10.9. The van der Waals surface area contributed by atoms with Crippen molar-refractivity contribution in [3.8, 4) is 0 Å². The van der Waals surface area contributed by atoms with Gasteiger partial charge in [0.15, 0.2) is 0 Å². The number of aliphatic hydroxyl groups excluding tert-OH is 1. The second kappa shape index (κ2) is 6.02. The maximum absolute atomic E-state index is 10.9. The summed E-state index contributed by atoms with van der Waals surface area (Å²) in [6.07, 6.45) is -2.40. The highest BCUT2D eigenvalue weighted by Gasteiger charge is 2.17. The van der Waals surface area contributed by atoms with Crippen LogP contribution in [0.15, 0.2) is 12.2 Å². The van der Waals surface area contributed by atoms with E-state index >= 15 is 0 Å². The number of amides is 1. The molecule has 2 N–H and O–H groups in total. The van der Waals surface area contributed by atoms with Gasteiger partial charge in [-0.3, -0.25) is 4.90 Å². The average molecular weight is 217 g/mol. The lowest BCUT2D eigenvalue weighted by molar-refractivity contribution is -0.139. The van der Waals surface area contributed by atoms with Crippen LogP contribution in [0, 0.1) is 0 Å². The van der Waals surface area contributed by atoms with Crippen LogP contribution < -0.4 is 0 Å². The number of carbonyl (C=O) groups is 2. The third-order valence-corrected chi connectivity index (χ3v) is 1.61. The molecule has 1 atom stereocenters. The smallest absolute Gasteiger partial charge is 0.409 e. The number of nitrogens with zero attached hydrogens (tertiary/aromatic N) is 1. The lowest BCUT2D eigenvalue weighted by Crippen LogP contribution is -2.40. The van der Waals surface area contributed by atoms with Gasteiger partial charge in [-0.2, -0.15) is 0 Å². The molecule has 0 saturated carbocycles. The van der Waals surface area contributed by atoms with Crippen LogP contribution in [0.25, 0.3) is 0 Å². The molecule has 0 aromatic carbocycles. The van der Waals surface area contributed by atoms with Gasteiger partial charge in [0.05, 0.1) is 6.54 Å². The highest BCUT2D eigenvalue weighted by molar-refractivity contribution is 5.86. The van der Waals surface area contributed by atoms with Gasteiger partial charge in [-0.1, -0.05) is 6.58 Å². The predicted molar refractivity (Wildman–Crippen MR) is 52.2 cm³/mol. The summed E-state index contributed by atoms with van der Waals surface area (Å²) in [6.45, 7) is 5.99. The van der Waals surface area contributed by atoms with Crippen molar-refractivity contribution in [3.05, 3.63) is 12.2 Å². The zero-order valence-electron chi connectivity index (χ0n) is 8.77. The highest BCUT2D eigenvalue weighted by Crippen LogP contribution is 1.97. The van der Waals surface area contributed by atoms with Crippen LogP contribution in [-0.2, 0) is 9.53 Å². The largest absolute Gasteiger partial charge is 0.465 e. The van der Waals surface area contributed by atoms with Gasteiger partial charge in [-0.25, -0.2) is 9.59 Å². The summed E-state index contributed by atoms with van der Waals surface area (Å²) >= 11 is 0. The molecule has 0 rings (SSSR count). The number of esters is 1. The van der Waals surface area contributed by atoms with Crippen molar-refractivity contribution in [1.82, 2.24) is 4.90 Å². The second-order valence-electron chi connectivity index (χ2n) is 3.02. The number of aliphatic hydroxyl groups is 1. The molecule has 0 fully saturated rings. The fourth-order valence-corrected chi connectivity index (χ4v) is 0.802. The van der Waals surface area contributed by atoms with Crippen LogP contribution in [0.2, 0.25) is 0 Å². The van der Waals surface area contributed by atoms with E-state index in [-0.39, 0.29) is 18.7 Å². The molecule has 0 spiro atoms. The molecule has 6 heteroatoms. The highest BCUT2D eigenvalue weighted by atomic mass is 16.5. The molecule has 0 aliphatic rings. The predicted octanol–water partition coefficient (Wildman–Crippen LogP) is 0.424. The Morgan fingerprint density at radius 1 is 1.53 bits per heavy atom. The van der Waals surface area contributed by atoms with Gasteiger partial charge >= 0.3 is 12.1 Å². The van der Waals surface area contributed by atoms with Crippen molar-refractivity contribution >= 4 is 12.1 Å². The maximum Gasteiger partial charge on any atom is 0.409 e. The van der Waals surface area contributed by atoms with Crippen LogP contribution in [0.3, 0.4) is 0 Å². The van der Waals surface area contributed by atoms with Crippen molar-refractivity contribution in [2.24, 2.45) is 0 Å². The van der Waals surface area contributed by atoms with Crippen LogP contribution in [-0.4, -0.2) is 46.6 Å². The molecule has 0 saturated heterocycles. The summed E-state index contributed by atoms with van der Waals surface area (Å²) in [7, 11) is 0. The Bertz CT molecular complexity index is 261. The molecule has 0 aromatic rings. The minimum atomic E-state index is -1.27. The molecule has 1 amide bonds. The molecule has 0 heterocycles. The number of carbonyl (C=O) groups excluding carboxylic acids is 1. The van der Waals surface area contributed by atoms with Gasteiger partial charge in [-0.15, -0.1) is 0 Å². The first-order valence-corrected chi connectivity index (χ1v) is 4.36. The number of carboxylic acid groups (broad SMARTS) is 1. The van der Waals surface area contributed by atoms with Crippen molar-refractivity contribution < 1.29 is 24.5 Å². The summed E-state index contributed by atoms with van der Waals surface area (Å²) in [4.78, 5) is 22.2. The zero-order valence-corrected chi connectivity index (χ0v) is 8.77. The lowest BCUT2D eigenvalue weighted by Gasteiger charge is -2.21. The van der Waals surface area contributed by atoms with Crippen molar-refractivity contribution in [2.75, 3.05) is 13.2 Å². The van der Waals surface area contributed by atoms with Gasteiger partial charge in [0.1, 0.15) is 12.8 Å². The van der Waals surface area contributed by atoms with Crippen molar-refractivity contribution in [3.63, 3.8) is 0 Å². The number of ether oxygens (including phenoxy) is 1. The second-order valence-corrected chi connectivity index (χ2v) is 3.02. The molecule has 0 aliphatic heterocycles. The fraction of sp³-hybridized carbons (Fsp3) is 0.556. The van der Waals surface area contributed by atoms with Gasteiger partial charge < -0.3 is 14.9 Å². The summed E-state index contributed by atoms with van der Waals surface area (Å²) in [5.74, 6) is -0.578. The third kappa shape index (κ3) is 5.02. The monoisotopic (exact) mass is 217 g/mol. The molecule has 0 aliphatic carbocycles.